The number of carbonyl (C=O) groups is 1. The van der Waals surface area contributed by atoms with Crippen LogP contribution in [0.4, 0.5) is 0 Å². The zero-order chi connectivity index (χ0) is 13.1. The van der Waals surface area contributed by atoms with Gasteiger partial charge in [-0.25, -0.2) is 14.8 Å². The van der Waals surface area contributed by atoms with Crippen LogP contribution in [-0.2, 0) is 6.42 Å². The fourth-order valence-corrected chi connectivity index (χ4v) is 1.93. The van der Waals surface area contributed by atoms with Crippen molar-refractivity contribution in [3.63, 3.8) is 0 Å². The lowest BCUT2D eigenvalue weighted by atomic mass is 10.1. The highest BCUT2D eigenvalue weighted by atomic mass is 16.4. The van der Waals surface area contributed by atoms with Gasteiger partial charge in [0.05, 0.1) is 0 Å². The first-order valence-corrected chi connectivity index (χ1v) is 5.86. The Kier molecular flexibility index (Phi) is 3.41. The largest absolute Gasteiger partial charge is 0.478 e. The van der Waals surface area contributed by atoms with Gasteiger partial charge in [-0.2, -0.15) is 0 Å². The van der Waals surface area contributed by atoms with E-state index in [2.05, 4.69) is 16.9 Å². The zero-order valence-electron chi connectivity index (χ0n) is 10.4. The fraction of sp³-hybridized carbons (Fsp3) is 0.308. The lowest BCUT2D eigenvalue weighted by Gasteiger charge is -2.10. The second-order valence-electron chi connectivity index (χ2n) is 4.10. The van der Waals surface area contributed by atoms with Crippen molar-refractivity contribution < 1.29 is 9.90 Å². The van der Waals surface area contributed by atoms with Gasteiger partial charge in [-0.3, -0.25) is 4.57 Å². The minimum Gasteiger partial charge on any atom is -0.478 e. The molecule has 2 aromatic heterocycles. The predicted molar refractivity (Wildman–Crippen MR) is 67.1 cm³/mol. The molecule has 0 aliphatic carbocycles. The Bertz CT molecular complexity index is 575. The molecule has 18 heavy (non-hydrogen) atoms. The molecule has 0 fully saturated rings. The molecular formula is C13H15N3O2. The van der Waals surface area contributed by atoms with Crippen LogP contribution in [0.3, 0.4) is 0 Å². The summed E-state index contributed by atoms with van der Waals surface area (Å²) in [5, 5.41) is 9.29. The van der Waals surface area contributed by atoms with Gasteiger partial charge in [-0.1, -0.05) is 6.92 Å². The Balaban J connectivity index is 2.60. The summed E-state index contributed by atoms with van der Waals surface area (Å²) in [5.41, 5.74) is 0.927. The number of nitrogens with zero attached hydrogens (tertiary/aromatic N) is 3. The summed E-state index contributed by atoms with van der Waals surface area (Å²) >= 11 is 0. The summed E-state index contributed by atoms with van der Waals surface area (Å²) < 4.78 is 1.75. The Morgan fingerprint density at radius 3 is 2.83 bits per heavy atom. The molecule has 2 aromatic rings. The predicted octanol–water partition coefficient (Wildman–Crippen LogP) is 2.23. The molecule has 5 nitrogen and oxygen atoms in total. The first-order chi connectivity index (χ1) is 8.65. The van der Waals surface area contributed by atoms with Gasteiger partial charge in [0, 0.05) is 25.0 Å². The van der Waals surface area contributed by atoms with E-state index in [0.717, 1.165) is 18.7 Å². The first-order valence-electron chi connectivity index (χ1n) is 5.86. The van der Waals surface area contributed by atoms with Gasteiger partial charge in [-0.15, -0.1) is 0 Å². The Morgan fingerprint density at radius 2 is 2.17 bits per heavy atom. The average Bonchev–Trinajstić information content (AvgIpc) is 2.76. The zero-order valence-corrected chi connectivity index (χ0v) is 10.4. The van der Waals surface area contributed by atoms with Crippen molar-refractivity contribution in [3.05, 3.63) is 41.6 Å². The van der Waals surface area contributed by atoms with Crippen molar-refractivity contribution in [2.45, 2.75) is 26.7 Å². The highest BCUT2D eigenvalue weighted by molar-refractivity contribution is 5.92. The van der Waals surface area contributed by atoms with E-state index in [1.807, 2.05) is 0 Å². The highest BCUT2D eigenvalue weighted by Gasteiger charge is 2.17. The summed E-state index contributed by atoms with van der Waals surface area (Å²) in [4.78, 5) is 19.8. The molecule has 0 spiro atoms. The summed E-state index contributed by atoms with van der Waals surface area (Å²) in [6.07, 6.45) is 6.78. The molecule has 0 atom stereocenters. The van der Waals surface area contributed by atoms with E-state index in [1.54, 1.807) is 36.1 Å². The number of hydrogen-bond donors (Lipinski definition) is 1. The minimum atomic E-state index is -0.966. The van der Waals surface area contributed by atoms with Gasteiger partial charge in [0.25, 0.3) is 0 Å². The number of aryl methyl sites for hydroxylation is 2. The van der Waals surface area contributed by atoms with Gasteiger partial charge in [0.2, 0.25) is 0 Å². The van der Waals surface area contributed by atoms with Crippen LogP contribution in [0.5, 0.6) is 0 Å². The van der Waals surface area contributed by atoms with Crippen LogP contribution in [0.2, 0.25) is 0 Å². The molecule has 0 aromatic carbocycles. The van der Waals surface area contributed by atoms with Gasteiger partial charge in [-0.05, 0) is 25.0 Å². The maximum Gasteiger partial charge on any atom is 0.339 e. The molecule has 0 bridgehead atoms. The standard InChI is InChI=1S/C13H15N3O2/c1-3-4-10-14-7-8-16(10)12-11(13(17)18)9(2)5-6-15-12/h5-8H,3-4H2,1-2H3,(H,17,18). The van der Waals surface area contributed by atoms with E-state index in [1.165, 1.54) is 0 Å². The van der Waals surface area contributed by atoms with Gasteiger partial charge in [0.1, 0.15) is 11.4 Å². The van der Waals surface area contributed by atoms with Crippen LogP contribution in [-0.4, -0.2) is 25.6 Å². The summed E-state index contributed by atoms with van der Waals surface area (Å²) in [5.74, 6) is 0.299. The quantitative estimate of drug-likeness (QED) is 0.896. The first kappa shape index (κ1) is 12.3. The number of rotatable bonds is 4. The van der Waals surface area contributed by atoms with Crippen LogP contribution < -0.4 is 0 Å². The SMILES string of the molecule is CCCc1nccn1-c1nccc(C)c1C(=O)O. The van der Waals surface area contributed by atoms with Crippen LogP contribution >= 0.6 is 0 Å². The number of carboxylic acid groups (broad SMARTS) is 1. The molecule has 0 aliphatic heterocycles. The van der Waals surface area contributed by atoms with Crippen LogP contribution in [0.1, 0.15) is 35.1 Å². The topological polar surface area (TPSA) is 68.0 Å². The lowest BCUT2D eigenvalue weighted by molar-refractivity contribution is 0.0695. The Morgan fingerprint density at radius 1 is 1.39 bits per heavy atom. The molecule has 0 radical (unpaired) electrons. The van der Waals surface area contributed by atoms with Crippen LogP contribution in [0.25, 0.3) is 5.82 Å². The second kappa shape index (κ2) is 5.00. The third-order valence-electron chi connectivity index (χ3n) is 2.77. The summed E-state index contributed by atoms with van der Waals surface area (Å²) in [6, 6.07) is 1.70. The summed E-state index contributed by atoms with van der Waals surface area (Å²) in [7, 11) is 0. The molecule has 0 aliphatic rings. The number of carboxylic acids is 1. The second-order valence-corrected chi connectivity index (χ2v) is 4.10. The van der Waals surface area contributed by atoms with E-state index in [4.69, 9.17) is 0 Å². The van der Waals surface area contributed by atoms with E-state index < -0.39 is 5.97 Å². The van der Waals surface area contributed by atoms with Crippen molar-refractivity contribution >= 4 is 5.97 Å². The number of hydrogen-bond acceptors (Lipinski definition) is 3. The molecule has 0 unspecified atom stereocenters. The van der Waals surface area contributed by atoms with E-state index in [9.17, 15) is 9.90 Å². The van der Waals surface area contributed by atoms with E-state index in [-0.39, 0.29) is 5.56 Å². The van der Waals surface area contributed by atoms with Crippen LogP contribution in [0, 0.1) is 6.92 Å². The third-order valence-corrected chi connectivity index (χ3v) is 2.77. The molecule has 0 saturated heterocycles. The molecule has 0 saturated carbocycles. The minimum absolute atomic E-state index is 0.229. The number of aromatic carboxylic acids is 1. The van der Waals surface area contributed by atoms with Gasteiger partial charge in [0.15, 0.2) is 5.82 Å². The number of aromatic nitrogens is 3. The van der Waals surface area contributed by atoms with Crippen molar-refractivity contribution in [1.29, 1.82) is 0 Å². The Hall–Kier alpha value is -2.17. The van der Waals surface area contributed by atoms with Crippen molar-refractivity contribution in [1.82, 2.24) is 14.5 Å². The molecule has 1 N–H and O–H groups in total. The molecule has 2 rings (SSSR count). The molecular weight excluding hydrogens is 230 g/mol. The van der Waals surface area contributed by atoms with E-state index in [0.29, 0.717) is 11.4 Å². The van der Waals surface area contributed by atoms with Crippen molar-refractivity contribution in [2.24, 2.45) is 0 Å². The Labute approximate surface area is 105 Å². The van der Waals surface area contributed by atoms with Crippen molar-refractivity contribution in [3.8, 4) is 5.82 Å². The van der Waals surface area contributed by atoms with Gasteiger partial charge < -0.3 is 5.11 Å². The van der Waals surface area contributed by atoms with Gasteiger partial charge >= 0.3 is 5.97 Å². The monoisotopic (exact) mass is 245 g/mol. The number of imidazole rings is 1. The smallest absolute Gasteiger partial charge is 0.339 e. The maximum absolute atomic E-state index is 11.3. The normalized spacial score (nSPS) is 10.6. The molecule has 5 heteroatoms. The molecule has 0 amide bonds. The molecule has 2 heterocycles. The van der Waals surface area contributed by atoms with E-state index >= 15 is 0 Å². The number of pyridine rings is 1. The fourth-order valence-electron chi connectivity index (χ4n) is 1.93. The highest BCUT2D eigenvalue weighted by Crippen LogP contribution is 2.18. The van der Waals surface area contributed by atoms with Crippen molar-refractivity contribution in [2.75, 3.05) is 0 Å². The maximum atomic E-state index is 11.3. The molecule has 94 valence electrons. The summed E-state index contributed by atoms with van der Waals surface area (Å²) in [6.45, 7) is 3.83. The lowest BCUT2D eigenvalue weighted by Crippen LogP contribution is -2.11. The third kappa shape index (κ3) is 2.11. The van der Waals surface area contributed by atoms with Crippen LogP contribution in [0.15, 0.2) is 24.7 Å². The average molecular weight is 245 g/mol.